The third-order valence-electron chi connectivity index (χ3n) is 4.44. The molecule has 0 aliphatic carbocycles. The van der Waals surface area contributed by atoms with Gasteiger partial charge in [0.2, 0.25) is 0 Å². The first kappa shape index (κ1) is 21.8. The maximum atomic E-state index is 13.2. The van der Waals surface area contributed by atoms with Gasteiger partial charge in [0, 0.05) is 45.4 Å². The molecular weight excluding hydrogens is 351 g/mol. The van der Waals surface area contributed by atoms with Crippen LogP contribution in [0.1, 0.15) is 24.2 Å². The van der Waals surface area contributed by atoms with E-state index in [2.05, 4.69) is 18.7 Å². The minimum atomic E-state index is -0.540. The van der Waals surface area contributed by atoms with Crippen LogP contribution in [0.15, 0.2) is 24.3 Å². The molecule has 1 saturated heterocycles. The number of hydrogen-bond donors (Lipinski definition) is 1. The maximum absolute atomic E-state index is 13.2. The molecule has 1 N–H and O–H groups in total. The summed E-state index contributed by atoms with van der Waals surface area (Å²) in [4.78, 5) is 16.8. The number of methoxy groups -OCH3 is 1. The van der Waals surface area contributed by atoms with Crippen molar-refractivity contribution in [2.75, 3.05) is 53.0 Å². The minimum Gasteiger partial charge on any atom is -0.389 e. The van der Waals surface area contributed by atoms with Gasteiger partial charge in [0.1, 0.15) is 5.82 Å². The van der Waals surface area contributed by atoms with Crippen LogP contribution in [-0.4, -0.2) is 86.1 Å². The summed E-state index contributed by atoms with van der Waals surface area (Å²) in [6.07, 6.45) is -0.669. The topological polar surface area (TPSA) is 62.2 Å². The summed E-state index contributed by atoms with van der Waals surface area (Å²) in [6.45, 7) is 7.94. The fourth-order valence-corrected chi connectivity index (χ4v) is 3.30. The first-order valence-electron chi connectivity index (χ1n) is 9.44. The van der Waals surface area contributed by atoms with Crippen molar-refractivity contribution in [3.63, 3.8) is 0 Å². The molecule has 1 aromatic rings. The zero-order chi connectivity index (χ0) is 19.8. The summed E-state index contributed by atoms with van der Waals surface area (Å²) in [5.41, 5.74) is 0.472. The van der Waals surface area contributed by atoms with Gasteiger partial charge in [0.25, 0.3) is 5.91 Å². The van der Waals surface area contributed by atoms with Crippen molar-refractivity contribution in [2.45, 2.75) is 26.1 Å². The van der Waals surface area contributed by atoms with Gasteiger partial charge >= 0.3 is 0 Å². The second-order valence-electron chi connectivity index (χ2n) is 7.47. The average molecular weight is 382 g/mol. The Kier molecular flexibility index (Phi) is 8.63. The molecule has 2 atom stereocenters. The standard InChI is InChI=1S/C20H31FN2O4/c1-15(2)10-23(20(25)16-4-6-17(21)7-5-16)13-19-12-22(8-9-27-19)11-18(24)14-26-3/h4-7,15,18-19,24H,8-14H2,1-3H3/t18-,19-/m0/s1. The summed E-state index contributed by atoms with van der Waals surface area (Å²) in [6, 6.07) is 5.63. The Balaban J connectivity index is 2.00. The van der Waals surface area contributed by atoms with Gasteiger partial charge < -0.3 is 19.5 Å². The summed E-state index contributed by atoms with van der Waals surface area (Å²) in [7, 11) is 1.57. The molecule has 0 aromatic heterocycles. The van der Waals surface area contributed by atoms with Crippen molar-refractivity contribution in [1.29, 1.82) is 0 Å². The molecule has 0 bridgehead atoms. The van der Waals surface area contributed by atoms with E-state index in [1.54, 1.807) is 12.0 Å². The lowest BCUT2D eigenvalue weighted by molar-refractivity contribution is -0.0569. The predicted octanol–water partition coefficient (Wildman–Crippen LogP) is 1.63. The van der Waals surface area contributed by atoms with Gasteiger partial charge in [-0.2, -0.15) is 0 Å². The van der Waals surface area contributed by atoms with Crippen molar-refractivity contribution >= 4 is 5.91 Å². The number of aliphatic hydroxyl groups is 1. The predicted molar refractivity (Wildman–Crippen MR) is 101 cm³/mol. The Bertz CT molecular complexity index is 582. The lowest BCUT2D eigenvalue weighted by atomic mass is 10.1. The molecule has 1 aliphatic rings. The van der Waals surface area contributed by atoms with Crippen molar-refractivity contribution < 1.29 is 23.8 Å². The van der Waals surface area contributed by atoms with E-state index >= 15 is 0 Å². The smallest absolute Gasteiger partial charge is 0.253 e. The first-order chi connectivity index (χ1) is 12.9. The number of ether oxygens (including phenoxy) is 2. The SMILES string of the molecule is COC[C@@H](O)CN1CCO[C@H](CN(CC(C)C)C(=O)c2ccc(F)cc2)C1. The summed E-state index contributed by atoms with van der Waals surface area (Å²) in [5, 5.41) is 9.95. The third-order valence-corrected chi connectivity index (χ3v) is 4.44. The fraction of sp³-hybridized carbons (Fsp3) is 0.650. The summed E-state index contributed by atoms with van der Waals surface area (Å²) in [5.74, 6) is -0.177. The van der Waals surface area contributed by atoms with Gasteiger partial charge in [-0.3, -0.25) is 9.69 Å². The molecule has 0 radical (unpaired) electrons. The number of amides is 1. The molecule has 1 fully saturated rings. The number of halogens is 1. The zero-order valence-electron chi connectivity index (χ0n) is 16.4. The van der Waals surface area contributed by atoms with E-state index in [1.807, 2.05) is 0 Å². The summed E-state index contributed by atoms with van der Waals surface area (Å²) < 4.78 is 24.0. The molecule has 1 aromatic carbocycles. The highest BCUT2D eigenvalue weighted by Gasteiger charge is 2.27. The molecule has 0 unspecified atom stereocenters. The van der Waals surface area contributed by atoms with Crippen LogP contribution in [0.25, 0.3) is 0 Å². The van der Waals surface area contributed by atoms with Gasteiger partial charge in [-0.1, -0.05) is 13.8 Å². The van der Waals surface area contributed by atoms with Gasteiger partial charge in [0.05, 0.1) is 25.4 Å². The van der Waals surface area contributed by atoms with Gasteiger partial charge in [-0.15, -0.1) is 0 Å². The quantitative estimate of drug-likeness (QED) is 0.703. The molecule has 1 amide bonds. The Morgan fingerprint density at radius 1 is 1.41 bits per heavy atom. The number of benzene rings is 1. The zero-order valence-corrected chi connectivity index (χ0v) is 16.4. The second kappa shape index (κ2) is 10.7. The molecule has 1 heterocycles. The average Bonchev–Trinajstić information content (AvgIpc) is 2.61. The van der Waals surface area contributed by atoms with Crippen molar-refractivity contribution in [3.05, 3.63) is 35.6 Å². The molecule has 7 heteroatoms. The van der Waals surface area contributed by atoms with Gasteiger partial charge in [0.15, 0.2) is 0 Å². The van der Waals surface area contributed by atoms with E-state index in [-0.39, 0.29) is 17.8 Å². The van der Waals surface area contributed by atoms with Gasteiger partial charge in [-0.05, 0) is 30.2 Å². The highest BCUT2D eigenvalue weighted by atomic mass is 19.1. The largest absolute Gasteiger partial charge is 0.389 e. The van der Waals surface area contributed by atoms with Crippen LogP contribution in [0, 0.1) is 11.7 Å². The molecule has 0 saturated carbocycles. The van der Waals surface area contributed by atoms with E-state index in [1.165, 1.54) is 24.3 Å². The third kappa shape index (κ3) is 7.18. The van der Waals surface area contributed by atoms with E-state index in [0.717, 1.165) is 6.54 Å². The van der Waals surface area contributed by atoms with Crippen LogP contribution in [0.4, 0.5) is 4.39 Å². The Morgan fingerprint density at radius 2 is 2.11 bits per heavy atom. The Hall–Kier alpha value is -1.54. The van der Waals surface area contributed by atoms with Crippen molar-refractivity contribution in [2.24, 2.45) is 5.92 Å². The van der Waals surface area contributed by atoms with Crippen molar-refractivity contribution in [1.82, 2.24) is 9.80 Å². The van der Waals surface area contributed by atoms with Crippen LogP contribution in [0.3, 0.4) is 0 Å². The van der Waals surface area contributed by atoms with Crippen LogP contribution in [0.5, 0.6) is 0 Å². The minimum absolute atomic E-state index is 0.121. The van der Waals surface area contributed by atoms with Crippen LogP contribution < -0.4 is 0 Å². The van der Waals surface area contributed by atoms with E-state index < -0.39 is 6.10 Å². The molecule has 2 rings (SSSR count). The highest BCUT2D eigenvalue weighted by Crippen LogP contribution is 2.13. The van der Waals surface area contributed by atoms with Crippen LogP contribution >= 0.6 is 0 Å². The van der Waals surface area contributed by atoms with E-state index in [9.17, 15) is 14.3 Å². The number of morpholine rings is 1. The monoisotopic (exact) mass is 382 g/mol. The number of aliphatic hydroxyl groups excluding tert-OH is 1. The lowest BCUT2D eigenvalue weighted by Crippen LogP contribution is -2.51. The normalized spacial score (nSPS) is 19.3. The number of rotatable bonds is 9. The Morgan fingerprint density at radius 3 is 2.74 bits per heavy atom. The molecule has 0 spiro atoms. The second-order valence-corrected chi connectivity index (χ2v) is 7.47. The van der Waals surface area contributed by atoms with E-state index in [0.29, 0.717) is 50.9 Å². The first-order valence-corrected chi connectivity index (χ1v) is 9.44. The highest BCUT2D eigenvalue weighted by molar-refractivity contribution is 5.94. The molecule has 152 valence electrons. The van der Waals surface area contributed by atoms with Gasteiger partial charge in [-0.25, -0.2) is 4.39 Å². The molecule has 27 heavy (non-hydrogen) atoms. The number of nitrogens with zero attached hydrogens (tertiary/aromatic N) is 2. The molecule has 1 aliphatic heterocycles. The number of β-amino-alcohol motifs (C(OH)–C–C–N with tert-alkyl or cyclic N) is 1. The number of carbonyl (C=O) groups is 1. The lowest BCUT2D eigenvalue weighted by Gasteiger charge is -2.37. The van der Waals surface area contributed by atoms with Crippen LogP contribution in [-0.2, 0) is 9.47 Å². The fourth-order valence-electron chi connectivity index (χ4n) is 3.30. The number of carbonyl (C=O) groups excluding carboxylic acids is 1. The maximum Gasteiger partial charge on any atom is 0.253 e. The molecular formula is C20H31FN2O4. The molecule has 6 nitrogen and oxygen atoms in total. The Labute approximate surface area is 160 Å². The van der Waals surface area contributed by atoms with E-state index in [4.69, 9.17) is 9.47 Å². The van der Waals surface area contributed by atoms with Crippen LogP contribution in [0.2, 0.25) is 0 Å². The number of hydrogen-bond acceptors (Lipinski definition) is 5. The van der Waals surface area contributed by atoms with Crippen molar-refractivity contribution in [3.8, 4) is 0 Å². The summed E-state index contributed by atoms with van der Waals surface area (Å²) >= 11 is 0.